The Labute approximate surface area is 148 Å². The number of hydrogen-bond acceptors (Lipinski definition) is 4. The second-order valence-corrected chi connectivity index (χ2v) is 6.58. The lowest BCUT2D eigenvalue weighted by atomic mass is 10.0. The Balaban J connectivity index is 1.86. The maximum atomic E-state index is 11.8. The van der Waals surface area contributed by atoms with E-state index in [4.69, 9.17) is 32.4 Å². The van der Waals surface area contributed by atoms with Crippen LogP contribution in [0.15, 0.2) is 45.6 Å². The van der Waals surface area contributed by atoms with Crippen LogP contribution in [0.25, 0.3) is 11.0 Å². The van der Waals surface area contributed by atoms with Gasteiger partial charge >= 0.3 is 5.63 Å². The summed E-state index contributed by atoms with van der Waals surface area (Å²) >= 11 is 12.4. The van der Waals surface area contributed by atoms with Gasteiger partial charge in [-0.05, 0) is 42.8 Å². The first-order valence-corrected chi connectivity index (χ1v) is 8.17. The molecule has 24 heavy (non-hydrogen) atoms. The van der Waals surface area contributed by atoms with Crippen LogP contribution >= 0.6 is 23.2 Å². The molecule has 0 bridgehead atoms. The maximum Gasteiger partial charge on any atom is 0.336 e. The highest BCUT2D eigenvalue weighted by molar-refractivity contribution is 6.35. The van der Waals surface area contributed by atoms with Crippen molar-refractivity contribution in [1.82, 2.24) is 0 Å². The second kappa shape index (κ2) is 5.72. The van der Waals surface area contributed by atoms with Gasteiger partial charge in [-0.15, -0.1) is 0 Å². The van der Waals surface area contributed by atoms with Gasteiger partial charge in [0.15, 0.2) is 6.73 Å². The third-order valence-corrected chi connectivity index (χ3v) is 4.71. The minimum Gasteiger partial charge on any atom is -0.473 e. The van der Waals surface area contributed by atoms with Crippen LogP contribution in [0.2, 0.25) is 10.0 Å². The fourth-order valence-corrected chi connectivity index (χ4v) is 3.38. The molecule has 0 atom stereocenters. The molecule has 0 radical (unpaired) electrons. The molecule has 0 saturated carbocycles. The maximum absolute atomic E-state index is 11.8. The van der Waals surface area contributed by atoms with Crippen molar-refractivity contribution < 1.29 is 9.15 Å². The zero-order valence-corrected chi connectivity index (χ0v) is 14.3. The molecule has 2 heterocycles. The predicted molar refractivity (Wildman–Crippen MR) is 95.4 cm³/mol. The van der Waals surface area contributed by atoms with Gasteiger partial charge in [-0.1, -0.05) is 23.2 Å². The van der Waals surface area contributed by atoms with E-state index in [1.54, 1.807) is 18.2 Å². The van der Waals surface area contributed by atoms with Gasteiger partial charge in [-0.25, -0.2) is 4.79 Å². The number of hydrogen-bond donors (Lipinski definition) is 0. The summed E-state index contributed by atoms with van der Waals surface area (Å²) in [6.07, 6.45) is 0. The van der Waals surface area contributed by atoms with Gasteiger partial charge in [0.2, 0.25) is 0 Å². The summed E-state index contributed by atoms with van der Waals surface area (Å²) in [7, 11) is 0. The average Bonchev–Trinajstić information content (AvgIpc) is 2.56. The van der Waals surface area contributed by atoms with E-state index in [-0.39, 0.29) is 5.63 Å². The van der Waals surface area contributed by atoms with E-state index in [1.165, 1.54) is 6.07 Å². The topological polar surface area (TPSA) is 42.7 Å². The Morgan fingerprint density at radius 2 is 1.96 bits per heavy atom. The Morgan fingerprint density at radius 1 is 1.12 bits per heavy atom. The molecule has 4 rings (SSSR count). The quantitative estimate of drug-likeness (QED) is 0.585. The zero-order chi connectivity index (χ0) is 16.8. The fourth-order valence-electron chi connectivity index (χ4n) is 2.97. The molecule has 0 amide bonds. The Hall–Kier alpha value is -2.17. The van der Waals surface area contributed by atoms with Crippen LogP contribution in [0, 0.1) is 6.92 Å². The van der Waals surface area contributed by atoms with Gasteiger partial charge < -0.3 is 14.1 Å². The van der Waals surface area contributed by atoms with E-state index < -0.39 is 0 Å². The number of anilines is 1. The molecule has 0 aliphatic carbocycles. The average molecular weight is 362 g/mol. The van der Waals surface area contributed by atoms with Crippen molar-refractivity contribution in [2.45, 2.75) is 13.5 Å². The van der Waals surface area contributed by atoms with E-state index in [9.17, 15) is 4.79 Å². The molecule has 3 aromatic rings. The number of benzene rings is 2. The molecular formula is C18H13Cl2NO3. The molecule has 0 N–H and O–H groups in total. The molecule has 0 spiro atoms. The van der Waals surface area contributed by atoms with Gasteiger partial charge in [-0.2, -0.15) is 0 Å². The van der Waals surface area contributed by atoms with Crippen LogP contribution in [-0.2, 0) is 6.54 Å². The van der Waals surface area contributed by atoms with Crippen molar-refractivity contribution in [1.29, 1.82) is 0 Å². The van der Waals surface area contributed by atoms with Crippen molar-refractivity contribution in [3.63, 3.8) is 0 Å². The highest BCUT2D eigenvalue weighted by atomic mass is 35.5. The van der Waals surface area contributed by atoms with Gasteiger partial charge in [0.1, 0.15) is 11.3 Å². The van der Waals surface area contributed by atoms with Gasteiger partial charge in [0, 0.05) is 16.5 Å². The van der Waals surface area contributed by atoms with E-state index >= 15 is 0 Å². The van der Waals surface area contributed by atoms with Crippen LogP contribution in [0.4, 0.5) is 5.69 Å². The van der Waals surface area contributed by atoms with Gasteiger partial charge in [-0.3, -0.25) is 0 Å². The highest BCUT2D eigenvalue weighted by Crippen LogP contribution is 2.37. The summed E-state index contributed by atoms with van der Waals surface area (Å²) in [6, 6.07) is 10.6. The lowest BCUT2D eigenvalue weighted by Crippen LogP contribution is -2.32. The largest absolute Gasteiger partial charge is 0.473 e. The first-order chi connectivity index (χ1) is 11.5. The van der Waals surface area contributed by atoms with Crippen LogP contribution in [0.3, 0.4) is 0 Å². The normalized spacial score (nSPS) is 13.7. The van der Waals surface area contributed by atoms with Crippen molar-refractivity contribution in [2.75, 3.05) is 11.6 Å². The van der Waals surface area contributed by atoms with E-state index in [2.05, 4.69) is 0 Å². The third-order valence-electron chi connectivity index (χ3n) is 4.15. The first kappa shape index (κ1) is 15.4. The van der Waals surface area contributed by atoms with Gasteiger partial charge in [0.25, 0.3) is 0 Å². The smallest absolute Gasteiger partial charge is 0.336 e. The van der Waals surface area contributed by atoms with Crippen molar-refractivity contribution in [2.24, 2.45) is 0 Å². The molecule has 6 heteroatoms. The number of aryl methyl sites for hydroxylation is 1. The van der Waals surface area contributed by atoms with E-state index in [0.717, 1.165) is 22.2 Å². The summed E-state index contributed by atoms with van der Waals surface area (Å²) < 4.78 is 11.3. The molecule has 4 nitrogen and oxygen atoms in total. The number of halogens is 2. The van der Waals surface area contributed by atoms with Crippen molar-refractivity contribution in [3.05, 3.63) is 68.0 Å². The summed E-state index contributed by atoms with van der Waals surface area (Å²) in [6.45, 7) is 2.74. The number of fused-ring (bicyclic) bond motifs is 3. The summed E-state index contributed by atoms with van der Waals surface area (Å²) in [5.41, 5.74) is 2.67. The predicted octanol–water partition coefficient (Wildman–Crippen LogP) is 4.76. The molecule has 1 aliphatic heterocycles. The van der Waals surface area contributed by atoms with Crippen LogP contribution in [0.1, 0.15) is 11.1 Å². The first-order valence-electron chi connectivity index (χ1n) is 7.42. The van der Waals surface area contributed by atoms with Crippen LogP contribution in [0.5, 0.6) is 5.75 Å². The monoisotopic (exact) mass is 361 g/mol. The molecule has 122 valence electrons. The Kier molecular flexibility index (Phi) is 3.66. The minimum atomic E-state index is -0.369. The third kappa shape index (κ3) is 2.52. The summed E-state index contributed by atoms with van der Waals surface area (Å²) in [5, 5.41) is 2.08. The Morgan fingerprint density at radius 3 is 2.79 bits per heavy atom. The lowest BCUT2D eigenvalue weighted by Gasteiger charge is -2.31. The van der Waals surface area contributed by atoms with E-state index in [1.807, 2.05) is 24.0 Å². The highest BCUT2D eigenvalue weighted by Gasteiger charge is 2.23. The Bertz CT molecular complexity index is 1010. The molecule has 0 unspecified atom stereocenters. The standard InChI is InChI=1S/C18H13Cl2NO3/c1-10-6-17(22)24-18-12(10)3-5-16-13(18)8-21(9-23-16)15-7-11(19)2-4-14(15)20/h2-7H,8-9H2,1H3. The number of rotatable bonds is 1. The molecule has 0 saturated heterocycles. The molecule has 1 aromatic heterocycles. The fraction of sp³-hybridized carbons (Fsp3) is 0.167. The molecular weight excluding hydrogens is 349 g/mol. The van der Waals surface area contributed by atoms with Crippen molar-refractivity contribution >= 4 is 39.9 Å². The lowest BCUT2D eigenvalue weighted by molar-refractivity contribution is 0.289. The SMILES string of the molecule is Cc1cc(=O)oc2c3c(ccc12)OCN(c1cc(Cl)ccc1Cl)C3. The molecule has 0 fully saturated rings. The molecule has 2 aromatic carbocycles. The zero-order valence-electron chi connectivity index (χ0n) is 12.8. The van der Waals surface area contributed by atoms with Crippen LogP contribution < -0.4 is 15.3 Å². The van der Waals surface area contributed by atoms with Gasteiger partial charge in [0.05, 0.1) is 22.8 Å². The minimum absolute atomic E-state index is 0.342. The summed E-state index contributed by atoms with van der Waals surface area (Å²) in [5.74, 6) is 0.714. The van der Waals surface area contributed by atoms with E-state index in [0.29, 0.717) is 34.7 Å². The molecule has 1 aliphatic rings. The number of nitrogens with zero attached hydrogens (tertiary/aromatic N) is 1. The summed E-state index contributed by atoms with van der Waals surface area (Å²) in [4.78, 5) is 13.7. The second-order valence-electron chi connectivity index (χ2n) is 5.73. The number of ether oxygens (including phenoxy) is 1. The van der Waals surface area contributed by atoms with Crippen molar-refractivity contribution in [3.8, 4) is 5.75 Å². The van der Waals surface area contributed by atoms with Crippen LogP contribution in [-0.4, -0.2) is 6.73 Å².